The van der Waals surface area contributed by atoms with Crippen LogP contribution in [0.5, 0.6) is 0 Å². The van der Waals surface area contributed by atoms with Gasteiger partial charge in [-0.15, -0.1) is 0 Å². The van der Waals surface area contributed by atoms with Gasteiger partial charge in [0.25, 0.3) is 0 Å². The second kappa shape index (κ2) is 9.62. The lowest BCUT2D eigenvalue weighted by molar-refractivity contribution is -0.0815. The molecule has 0 aliphatic heterocycles. The number of aryl methyl sites for hydroxylation is 1. The monoisotopic (exact) mass is 423 g/mol. The van der Waals surface area contributed by atoms with Crippen LogP contribution in [0.15, 0.2) is 30.6 Å². The molecule has 1 saturated carbocycles. The first kappa shape index (κ1) is 21.6. The molecule has 2 aromatic rings. The minimum absolute atomic E-state index is 0.360. The van der Waals surface area contributed by atoms with Crippen molar-refractivity contribution in [2.24, 2.45) is 13.0 Å². The molecule has 1 atom stereocenters. The molecule has 1 heterocycles. The summed E-state index contributed by atoms with van der Waals surface area (Å²) in [6.45, 7) is 1.66. The maximum absolute atomic E-state index is 6.81. The third kappa shape index (κ3) is 4.56. The first-order valence-corrected chi connectivity index (χ1v) is 10.9. The van der Waals surface area contributed by atoms with Gasteiger partial charge >= 0.3 is 0 Å². The van der Waals surface area contributed by atoms with Gasteiger partial charge in [0.2, 0.25) is 0 Å². The zero-order valence-electron chi connectivity index (χ0n) is 17.1. The fraction of sp³-hybridized carbons (Fsp3) is 0.591. The van der Waals surface area contributed by atoms with Gasteiger partial charge in [-0.05, 0) is 63.5 Å². The Morgan fingerprint density at radius 2 is 1.93 bits per heavy atom. The van der Waals surface area contributed by atoms with Crippen LogP contribution in [0.3, 0.4) is 0 Å². The molecule has 6 heteroatoms. The molecule has 0 radical (unpaired) electrons. The molecular weight excluding hydrogens is 393 g/mol. The molecule has 28 heavy (non-hydrogen) atoms. The van der Waals surface area contributed by atoms with Crippen LogP contribution in [-0.4, -0.2) is 41.7 Å². The van der Waals surface area contributed by atoms with Crippen molar-refractivity contribution in [2.45, 2.75) is 44.1 Å². The van der Waals surface area contributed by atoms with Gasteiger partial charge in [0.15, 0.2) is 5.60 Å². The molecule has 0 bridgehead atoms. The predicted molar refractivity (Wildman–Crippen MR) is 116 cm³/mol. The van der Waals surface area contributed by atoms with Gasteiger partial charge in [-0.1, -0.05) is 48.5 Å². The van der Waals surface area contributed by atoms with E-state index < -0.39 is 5.60 Å². The molecule has 1 unspecified atom stereocenters. The van der Waals surface area contributed by atoms with Crippen molar-refractivity contribution in [1.29, 1.82) is 0 Å². The van der Waals surface area contributed by atoms with Crippen LogP contribution in [0.4, 0.5) is 0 Å². The summed E-state index contributed by atoms with van der Waals surface area (Å²) in [6, 6.07) is 5.91. The van der Waals surface area contributed by atoms with E-state index in [2.05, 4.69) is 29.6 Å². The predicted octanol–water partition coefficient (Wildman–Crippen LogP) is 5.52. The van der Waals surface area contributed by atoms with Crippen molar-refractivity contribution in [3.05, 3.63) is 52.0 Å². The molecule has 1 aliphatic rings. The first-order valence-electron chi connectivity index (χ1n) is 10.2. The molecule has 3 rings (SSSR count). The van der Waals surface area contributed by atoms with Crippen LogP contribution in [-0.2, 0) is 17.4 Å². The summed E-state index contributed by atoms with van der Waals surface area (Å²) in [5.41, 5.74) is 0.437. The summed E-state index contributed by atoms with van der Waals surface area (Å²) in [5, 5.41) is 1.13. The average molecular weight is 424 g/mol. The van der Waals surface area contributed by atoms with Gasteiger partial charge in [0.05, 0.1) is 10.0 Å². The highest BCUT2D eigenvalue weighted by Crippen LogP contribution is 2.47. The van der Waals surface area contributed by atoms with Crippen molar-refractivity contribution < 1.29 is 4.74 Å². The summed E-state index contributed by atoms with van der Waals surface area (Å²) >= 11 is 12.7. The van der Waals surface area contributed by atoms with Crippen LogP contribution in [0, 0.1) is 5.92 Å². The number of halogens is 2. The van der Waals surface area contributed by atoms with Crippen molar-refractivity contribution in [2.75, 3.05) is 27.2 Å². The molecule has 4 nitrogen and oxygen atoms in total. The van der Waals surface area contributed by atoms with Gasteiger partial charge in [-0.25, -0.2) is 4.98 Å². The summed E-state index contributed by atoms with van der Waals surface area (Å²) < 4.78 is 8.90. The maximum atomic E-state index is 6.81. The number of hydrogen-bond acceptors (Lipinski definition) is 3. The SMILES string of the molecule is CN(C)CCCOC(c1ccc(Cl)c(Cl)c1)(c1nccn1C)C1CCCCC1. The van der Waals surface area contributed by atoms with E-state index in [-0.39, 0.29) is 0 Å². The third-order valence-corrected chi connectivity index (χ3v) is 6.50. The molecule has 0 amide bonds. The molecule has 154 valence electrons. The highest BCUT2D eigenvalue weighted by atomic mass is 35.5. The van der Waals surface area contributed by atoms with Crippen molar-refractivity contribution in [1.82, 2.24) is 14.5 Å². The van der Waals surface area contributed by atoms with Gasteiger partial charge in [-0.3, -0.25) is 0 Å². The first-order chi connectivity index (χ1) is 13.4. The Morgan fingerprint density at radius 3 is 2.54 bits per heavy atom. The summed E-state index contributed by atoms with van der Waals surface area (Å²) in [4.78, 5) is 6.94. The number of nitrogens with zero attached hydrogens (tertiary/aromatic N) is 3. The van der Waals surface area contributed by atoms with E-state index in [1.54, 1.807) is 0 Å². The fourth-order valence-corrected chi connectivity index (χ4v) is 4.68. The van der Waals surface area contributed by atoms with Gasteiger partial charge < -0.3 is 14.2 Å². The molecular formula is C22H31Cl2N3O. The van der Waals surface area contributed by atoms with Crippen LogP contribution >= 0.6 is 23.2 Å². The molecule has 1 aliphatic carbocycles. The molecule has 0 N–H and O–H groups in total. The highest BCUT2D eigenvalue weighted by Gasteiger charge is 2.46. The number of hydrogen-bond donors (Lipinski definition) is 0. The second-order valence-corrected chi connectivity index (χ2v) is 8.88. The summed E-state index contributed by atoms with van der Waals surface area (Å²) in [5.74, 6) is 1.31. The largest absolute Gasteiger partial charge is 0.362 e. The average Bonchev–Trinajstić information content (AvgIpc) is 3.11. The Bertz CT molecular complexity index is 771. The number of benzene rings is 1. The molecule has 1 aromatic heterocycles. The summed E-state index contributed by atoms with van der Waals surface area (Å²) in [6.07, 6.45) is 10.8. The highest BCUT2D eigenvalue weighted by molar-refractivity contribution is 6.42. The topological polar surface area (TPSA) is 30.3 Å². The Labute approximate surface area is 178 Å². The Hall–Kier alpha value is -1.07. The molecule has 0 spiro atoms. The van der Waals surface area contributed by atoms with Crippen molar-refractivity contribution in [3.63, 3.8) is 0 Å². The second-order valence-electron chi connectivity index (χ2n) is 8.07. The lowest BCUT2D eigenvalue weighted by Gasteiger charge is -2.42. The lowest BCUT2D eigenvalue weighted by Crippen LogP contribution is -2.43. The summed E-state index contributed by atoms with van der Waals surface area (Å²) in [7, 11) is 6.22. The normalized spacial score (nSPS) is 17.8. The van der Waals surface area contributed by atoms with E-state index in [0.29, 0.717) is 22.6 Å². The van der Waals surface area contributed by atoms with Crippen molar-refractivity contribution >= 4 is 23.2 Å². The number of ether oxygens (including phenoxy) is 1. The van der Waals surface area contributed by atoms with E-state index in [4.69, 9.17) is 32.9 Å². The Kier molecular flexibility index (Phi) is 7.43. The minimum atomic E-state index is -0.612. The van der Waals surface area contributed by atoms with Gasteiger partial charge in [0.1, 0.15) is 5.82 Å². The van der Waals surface area contributed by atoms with Crippen LogP contribution in [0.1, 0.15) is 49.9 Å². The third-order valence-electron chi connectivity index (χ3n) is 5.76. The van der Waals surface area contributed by atoms with Crippen LogP contribution in [0.25, 0.3) is 0 Å². The Morgan fingerprint density at radius 1 is 1.18 bits per heavy atom. The van der Waals surface area contributed by atoms with E-state index in [0.717, 1.165) is 37.2 Å². The number of imidazole rings is 1. The van der Waals surface area contributed by atoms with Crippen molar-refractivity contribution in [3.8, 4) is 0 Å². The number of aromatic nitrogens is 2. The van der Waals surface area contributed by atoms with Gasteiger partial charge in [0, 0.05) is 26.0 Å². The smallest absolute Gasteiger partial charge is 0.153 e. The standard InChI is InChI=1S/C22H31Cl2N3O/c1-26(2)13-7-15-28-22(17-8-5-4-6-9-17,21-25-12-14-27(21)3)18-10-11-19(23)20(24)16-18/h10-12,14,16-17H,4-9,13,15H2,1-3H3. The molecule has 0 saturated heterocycles. The van der Waals surface area contributed by atoms with Gasteiger partial charge in [-0.2, -0.15) is 0 Å². The number of rotatable bonds is 8. The maximum Gasteiger partial charge on any atom is 0.153 e. The van der Waals surface area contributed by atoms with E-state index in [1.165, 1.54) is 19.3 Å². The minimum Gasteiger partial charge on any atom is -0.362 e. The van der Waals surface area contributed by atoms with E-state index in [1.807, 2.05) is 31.6 Å². The van der Waals surface area contributed by atoms with Crippen LogP contribution < -0.4 is 0 Å². The quantitative estimate of drug-likeness (QED) is 0.523. The Balaban J connectivity index is 2.07. The lowest BCUT2D eigenvalue weighted by atomic mass is 9.72. The fourth-order valence-electron chi connectivity index (χ4n) is 4.39. The van der Waals surface area contributed by atoms with Crippen LogP contribution in [0.2, 0.25) is 10.0 Å². The molecule has 1 fully saturated rings. The van der Waals surface area contributed by atoms with E-state index in [9.17, 15) is 0 Å². The van der Waals surface area contributed by atoms with E-state index >= 15 is 0 Å². The molecule has 1 aromatic carbocycles. The zero-order chi connectivity index (χ0) is 20.1. The zero-order valence-corrected chi connectivity index (χ0v) is 18.6.